The molecular formula is C15H17N3O2. The van der Waals surface area contributed by atoms with Gasteiger partial charge in [-0.1, -0.05) is 18.1 Å². The number of amidine groups is 1. The van der Waals surface area contributed by atoms with E-state index in [0.717, 1.165) is 11.3 Å². The van der Waals surface area contributed by atoms with Crippen LogP contribution in [0, 0.1) is 12.3 Å². The lowest BCUT2D eigenvalue weighted by atomic mass is 10.0. The molecule has 0 saturated heterocycles. The van der Waals surface area contributed by atoms with E-state index in [0.29, 0.717) is 6.61 Å². The molecule has 0 bridgehead atoms. The zero-order valence-electron chi connectivity index (χ0n) is 11.5. The number of hydrogen-bond acceptors (Lipinski definition) is 3. The van der Waals surface area contributed by atoms with Crippen molar-refractivity contribution in [3.8, 4) is 18.1 Å². The van der Waals surface area contributed by atoms with Gasteiger partial charge in [0, 0.05) is 0 Å². The molecule has 2 rings (SSSR count). The summed E-state index contributed by atoms with van der Waals surface area (Å²) in [6.07, 6.45) is 5.41. The second kappa shape index (κ2) is 5.66. The molecule has 20 heavy (non-hydrogen) atoms. The van der Waals surface area contributed by atoms with Crippen LogP contribution in [0.25, 0.3) is 0 Å². The van der Waals surface area contributed by atoms with Gasteiger partial charge in [0.25, 0.3) is 0 Å². The number of benzene rings is 1. The smallest absolute Gasteiger partial charge is 0.347 e. The molecule has 0 saturated carbocycles. The fourth-order valence-electron chi connectivity index (χ4n) is 2.20. The van der Waals surface area contributed by atoms with Gasteiger partial charge in [-0.05, 0) is 31.5 Å². The fourth-order valence-corrected chi connectivity index (χ4v) is 2.20. The molecule has 0 aromatic heterocycles. The van der Waals surface area contributed by atoms with Crippen molar-refractivity contribution in [2.45, 2.75) is 25.9 Å². The van der Waals surface area contributed by atoms with Crippen molar-refractivity contribution >= 4 is 11.9 Å². The number of carbonyl (C=O) groups is 1. The Morgan fingerprint density at radius 3 is 2.70 bits per heavy atom. The number of nitrogens with two attached hydrogens (primary N) is 1. The average molecular weight is 271 g/mol. The van der Waals surface area contributed by atoms with E-state index in [-0.39, 0.29) is 11.9 Å². The molecule has 2 unspecified atom stereocenters. The summed E-state index contributed by atoms with van der Waals surface area (Å²) >= 11 is 0. The van der Waals surface area contributed by atoms with Gasteiger partial charge in [-0.2, -0.15) is 4.99 Å². The minimum atomic E-state index is -0.413. The highest BCUT2D eigenvalue weighted by Crippen LogP contribution is 2.29. The van der Waals surface area contributed by atoms with Gasteiger partial charge in [0.15, 0.2) is 0 Å². The van der Waals surface area contributed by atoms with E-state index in [1.807, 2.05) is 31.2 Å². The Morgan fingerprint density at radius 2 is 2.15 bits per heavy atom. The second-order valence-corrected chi connectivity index (χ2v) is 4.47. The van der Waals surface area contributed by atoms with Gasteiger partial charge in [0.2, 0.25) is 0 Å². The number of aliphatic imine (C=N–C) groups is 1. The highest BCUT2D eigenvalue weighted by atomic mass is 16.5. The summed E-state index contributed by atoms with van der Waals surface area (Å²) in [6, 6.07) is 6.24. The molecule has 1 aromatic carbocycles. The van der Waals surface area contributed by atoms with Crippen LogP contribution in [0.2, 0.25) is 0 Å². The molecule has 2 atom stereocenters. The first-order valence-electron chi connectivity index (χ1n) is 6.43. The van der Waals surface area contributed by atoms with Crippen molar-refractivity contribution in [2.75, 3.05) is 6.61 Å². The van der Waals surface area contributed by atoms with E-state index < -0.39 is 12.1 Å². The van der Waals surface area contributed by atoms with Crippen LogP contribution in [0.1, 0.15) is 25.5 Å². The van der Waals surface area contributed by atoms with Crippen LogP contribution in [0.15, 0.2) is 29.3 Å². The summed E-state index contributed by atoms with van der Waals surface area (Å²) in [6.45, 7) is 4.29. The molecule has 0 radical (unpaired) electrons. The number of ether oxygens (including phenoxy) is 1. The molecule has 1 aliphatic rings. The molecule has 5 nitrogen and oxygen atoms in total. The van der Waals surface area contributed by atoms with Gasteiger partial charge in [-0.25, -0.2) is 4.79 Å². The van der Waals surface area contributed by atoms with Crippen molar-refractivity contribution in [1.82, 2.24) is 4.90 Å². The standard InChI is InChI=1S/C15H17N3O2/c1-4-10(3)18-13(14(16)17-15(18)19)11-6-8-12(9-7-11)20-5-2/h1,6-10,13H,5H2,2-3H3,(H2,16,17,19). The lowest BCUT2D eigenvalue weighted by Crippen LogP contribution is -2.38. The van der Waals surface area contributed by atoms with Gasteiger partial charge in [0.1, 0.15) is 17.6 Å². The van der Waals surface area contributed by atoms with E-state index >= 15 is 0 Å². The number of nitrogens with zero attached hydrogens (tertiary/aromatic N) is 2. The Bertz CT molecular complexity index is 572. The molecule has 2 amide bonds. The van der Waals surface area contributed by atoms with Crippen LogP contribution < -0.4 is 10.5 Å². The summed E-state index contributed by atoms with van der Waals surface area (Å²) in [5, 5.41) is 0. The summed E-state index contributed by atoms with van der Waals surface area (Å²) < 4.78 is 5.39. The second-order valence-electron chi connectivity index (χ2n) is 4.47. The first-order chi connectivity index (χ1) is 9.58. The first-order valence-corrected chi connectivity index (χ1v) is 6.43. The molecule has 0 spiro atoms. The van der Waals surface area contributed by atoms with Crippen LogP contribution in [0.3, 0.4) is 0 Å². The highest BCUT2D eigenvalue weighted by Gasteiger charge is 2.37. The number of carbonyl (C=O) groups excluding carboxylic acids is 1. The van der Waals surface area contributed by atoms with Crippen molar-refractivity contribution in [2.24, 2.45) is 10.7 Å². The third-order valence-corrected chi connectivity index (χ3v) is 3.17. The predicted molar refractivity (Wildman–Crippen MR) is 77.5 cm³/mol. The fraction of sp³-hybridized carbons (Fsp3) is 0.333. The molecule has 1 heterocycles. The Kier molecular flexibility index (Phi) is 3.94. The molecule has 104 valence electrons. The van der Waals surface area contributed by atoms with Gasteiger partial charge >= 0.3 is 6.03 Å². The van der Waals surface area contributed by atoms with E-state index in [4.69, 9.17) is 16.9 Å². The third-order valence-electron chi connectivity index (χ3n) is 3.17. The zero-order valence-corrected chi connectivity index (χ0v) is 11.5. The van der Waals surface area contributed by atoms with Crippen molar-refractivity contribution in [3.63, 3.8) is 0 Å². The molecule has 2 N–H and O–H groups in total. The van der Waals surface area contributed by atoms with E-state index in [9.17, 15) is 4.79 Å². The Morgan fingerprint density at radius 1 is 1.50 bits per heavy atom. The largest absolute Gasteiger partial charge is 0.494 e. The molecule has 1 aromatic rings. The maximum absolute atomic E-state index is 11.9. The molecule has 0 fully saturated rings. The minimum Gasteiger partial charge on any atom is -0.494 e. The van der Waals surface area contributed by atoms with Crippen LogP contribution in [0.4, 0.5) is 4.79 Å². The van der Waals surface area contributed by atoms with Crippen molar-refractivity contribution in [1.29, 1.82) is 0 Å². The highest BCUT2D eigenvalue weighted by molar-refractivity contribution is 6.03. The Balaban J connectivity index is 2.31. The topological polar surface area (TPSA) is 67.9 Å². The molecular weight excluding hydrogens is 254 g/mol. The maximum atomic E-state index is 11.9. The Labute approximate surface area is 118 Å². The summed E-state index contributed by atoms with van der Waals surface area (Å²) in [5.41, 5.74) is 6.73. The van der Waals surface area contributed by atoms with Gasteiger partial charge in [-0.15, -0.1) is 6.42 Å². The lowest BCUT2D eigenvalue weighted by molar-refractivity contribution is 0.199. The molecule has 1 aliphatic heterocycles. The first kappa shape index (κ1) is 13.9. The number of urea groups is 1. The number of terminal acetylenes is 1. The van der Waals surface area contributed by atoms with Gasteiger partial charge < -0.3 is 10.5 Å². The molecule has 0 aliphatic carbocycles. The quantitative estimate of drug-likeness (QED) is 0.851. The number of amides is 2. The molecule has 5 heteroatoms. The van der Waals surface area contributed by atoms with E-state index in [1.54, 1.807) is 6.92 Å². The summed E-state index contributed by atoms with van der Waals surface area (Å²) in [4.78, 5) is 17.2. The number of hydrogen-bond donors (Lipinski definition) is 1. The zero-order chi connectivity index (χ0) is 14.7. The van der Waals surface area contributed by atoms with Crippen LogP contribution >= 0.6 is 0 Å². The van der Waals surface area contributed by atoms with Crippen LogP contribution in [-0.2, 0) is 0 Å². The maximum Gasteiger partial charge on any atom is 0.347 e. The number of rotatable bonds is 4. The predicted octanol–water partition coefficient (Wildman–Crippen LogP) is 1.94. The summed E-state index contributed by atoms with van der Waals surface area (Å²) in [7, 11) is 0. The van der Waals surface area contributed by atoms with Crippen molar-refractivity contribution < 1.29 is 9.53 Å². The van der Waals surface area contributed by atoms with Crippen molar-refractivity contribution in [3.05, 3.63) is 29.8 Å². The monoisotopic (exact) mass is 271 g/mol. The van der Waals surface area contributed by atoms with Crippen LogP contribution in [-0.4, -0.2) is 29.4 Å². The van der Waals surface area contributed by atoms with Gasteiger partial charge in [0.05, 0.1) is 12.6 Å². The van der Waals surface area contributed by atoms with Crippen LogP contribution in [0.5, 0.6) is 5.75 Å². The summed E-state index contributed by atoms with van der Waals surface area (Å²) in [5.74, 6) is 3.58. The normalized spacial score (nSPS) is 19.4. The average Bonchev–Trinajstić information content (AvgIpc) is 2.74. The van der Waals surface area contributed by atoms with E-state index in [2.05, 4.69) is 10.9 Å². The SMILES string of the molecule is C#CC(C)N1C(=O)N=C(N)C1c1ccc(OCC)cc1. The van der Waals surface area contributed by atoms with Gasteiger partial charge in [-0.3, -0.25) is 4.90 Å². The van der Waals surface area contributed by atoms with E-state index in [1.165, 1.54) is 4.90 Å². The minimum absolute atomic E-state index is 0.265. The lowest BCUT2D eigenvalue weighted by Gasteiger charge is -2.27. The Hall–Kier alpha value is -2.48. The third kappa shape index (κ3) is 2.45.